The molecule has 0 saturated carbocycles. The molecule has 5 rings (SSSR count). The van der Waals surface area contributed by atoms with E-state index < -0.39 is 0 Å². The third kappa shape index (κ3) is 4.63. The van der Waals surface area contributed by atoms with Crippen molar-refractivity contribution in [1.29, 1.82) is 0 Å². The third-order valence-electron chi connectivity index (χ3n) is 6.11. The Hall–Kier alpha value is -2.76. The molecule has 4 nitrogen and oxygen atoms in total. The Labute approximate surface area is 188 Å². The van der Waals surface area contributed by atoms with Gasteiger partial charge in [-0.25, -0.2) is 0 Å². The quantitative estimate of drug-likeness (QED) is 0.668. The van der Waals surface area contributed by atoms with E-state index >= 15 is 0 Å². The van der Waals surface area contributed by atoms with Crippen molar-refractivity contribution in [3.8, 4) is 0 Å². The van der Waals surface area contributed by atoms with Crippen LogP contribution in [0.15, 0.2) is 88.7 Å². The van der Waals surface area contributed by atoms with Crippen molar-refractivity contribution in [3.63, 3.8) is 0 Å². The van der Waals surface area contributed by atoms with Gasteiger partial charge in [0.1, 0.15) is 0 Å². The molecule has 5 heteroatoms. The maximum absolute atomic E-state index is 13.0. The maximum atomic E-state index is 13.0. The molecule has 0 radical (unpaired) electrons. The summed E-state index contributed by atoms with van der Waals surface area (Å²) in [6.45, 7) is 4.17. The van der Waals surface area contributed by atoms with Crippen LogP contribution in [0.5, 0.6) is 0 Å². The fraction of sp³-hybridized carbons (Fsp3) is 0.269. The minimum Gasteiger partial charge on any atom is -0.369 e. The molecule has 158 valence electrons. The highest BCUT2D eigenvalue weighted by Gasteiger charge is 2.25. The standard InChI is InChI=1S/C26H27N3OS/c30-26(19-28-14-16-29(17-15-28)21-9-2-1-3-10-21)27-23-18-20-8-4-6-12-24(20)31-25-13-7-5-11-22(23)25/h1-13,23H,14-19H2,(H,27,30). The molecule has 0 bridgehead atoms. The number of piperazine rings is 1. The van der Waals surface area contributed by atoms with Gasteiger partial charge in [-0.2, -0.15) is 0 Å². The van der Waals surface area contributed by atoms with E-state index in [0.717, 1.165) is 32.6 Å². The first-order chi connectivity index (χ1) is 15.3. The molecule has 1 amide bonds. The number of nitrogens with zero attached hydrogens (tertiary/aromatic N) is 2. The molecule has 0 aliphatic carbocycles. The number of rotatable bonds is 4. The molecule has 1 unspecified atom stereocenters. The van der Waals surface area contributed by atoms with Crippen molar-refractivity contribution in [1.82, 2.24) is 10.2 Å². The number of carbonyl (C=O) groups excluding carboxylic acids is 1. The largest absolute Gasteiger partial charge is 0.369 e. The van der Waals surface area contributed by atoms with E-state index in [-0.39, 0.29) is 11.9 Å². The number of para-hydroxylation sites is 1. The first-order valence-electron chi connectivity index (χ1n) is 10.9. The lowest BCUT2D eigenvalue weighted by atomic mass is 9.99. The lowest BCUT2D eigenvalue weighted by Crippen LogP contribution is -2.50. The number of fused-ring (bicyclic) bond motifs is 2. The SMILES string of the molecule is O=C(CN1CCN(c2ccccc2)CC1)NC1Cc2ccccc2Sc2ccccc21. The van der Waals surface area contributed by atoms with E-state index in [2.05, 4.69) is 87.9 Å². The van der Waals surface area contributed by atoms with Crippen molar-refractivity contribution in [2.75, 3.05) is 37.6 Å². The van der Waals surface area contributed by atoms with Gasteiger partial charge < -0.3 is 10.2 Å². The van der Waals surface area contributed by atoms with Crippen LogP contribution >= 0.6 is 11.8 Å². The van der Waals surface area contributed by atoms with E-state index in [9.17, 15) is 4.79 Å². The number of nitrogens with one attached hydrogen (secondary N) is 1. The Morgan fingerprint density at radius 1 is 0.839 bits per heavy atom. The summed E-state index contributed by atoms with van der Waals surface area (Å²) in [5.41, 5.74) is 3.77. The van der Waals surface area contributed by atoms with Crippen molar-refractivity contribution in [2.45, 2.75) is 22.3 Å². The number of amides is 1. The first kappa shape index (κ1) is 20.2. The molecule has 2 aliphatic rings. The summed E-state index contributed by atoms with van der Waals surface area (Å²) in [4.78, 5) is 20.2. The Morgan fingerprint density at radius 2 is 1.52 bits per heavy atom. The molecular weight excluding hydrogens is 402 g/mol. The number of anilines is 1. The highest BCUT2D eigenvalue weighted by Crippen LogP contribution is 2.40. The second-order valence-electron chi connectivity index (χ2n) is 8.17. The molecule has 31 heavy (non-hydrogen) atoms. The molecule has 3 aromatic carbocycles. The molecule has 0 aromatic heterocycles. The number of hydrogen-bond acceptors (Lipinski definition) is 4. The van der Waals surface area contributed by atoms with Crippen molar-refractivity contribution >= 4 is 23.4 Å². The average Bonchev–Trinajstić information content (AvgIpc) is 2.96. The van der Waals surface area contributed by atoms with Crippen molar-refractivity contribution in [3.05, 3.63) is 90.0 Å². The predicted molar refractivity (Wildman–Crippen MR) is 127 cm³/mol. The molecule has 2 heterocycles. The Morgan fingerprint density at radius 3 is 2.32 bits per heavy atom. The zero-order valence-corrected chi connectivity index (χ0v) is 18.4. The monoisotopic (exact) mass is 429 g/mol. The molecule has 1 fully saturated rings. The lowest BCUT2D eigenvalue weighted by molar-refractivity contribution is -0.123. The van der Waals surface area contributed by atoms with Gasteiger partial charge in [0, 0.05) is 41.7 Å². The molecule has 1 N–H and O–H groups in total. The lowest BCUT2D eigenvalue weighted by Gasteiger charge is -2.36. The first-order valence-corrected chi connectivity index (χ1v) is 11.7. The number of carbonyl (C=O) groups is 1. The van der Waals surface area contributed by atoms with Gasteiger partial charge in [0.2, 0.25) is 5.91 Å². The summed E-state index contributed by atoms with van der Waals surface area (Å²) in [6, 6.07) is 27.5. The highest BCUT2D eigenvalue weighted by atomic mass is 32.2. The molecule has 2 aliphatic heterocycles. The van der Waals surface area contributed by atoms with Crippen LogP contribution < -0.4 is 10.2 Å². The second-order valence-corrected chi connectivity index (χ2v) is 9.25. The van der Waals surface area contributed by atoms with Crippen LogP contribution in [-0.2, 0) is 11.2 Å². The van der Waals surface area contributed by atoms with E-state index in [1.54, 1.807) is 11.8 Å². The smallest absolute Gasteiger partial charge is 0.234 e. The fourth-order valence-corrected chi connectivity index (χ4v) is 5.60. The maximum Gasteiger partial charge on any atom is 0.234 e. The van der Waals surface area contributed by atoms with E-state index in [0.29, 0.717) is 6.54 Å². The Balaban J connectivity index is 1.23. The van der Waals surface area contributed by atoms with Crippen molar-refractivity contribution < 1.29 is 4.79 Å². The zero-order valence-electron chi connectivity index (χ0n) is 17.5. The highest BCUT2D eigenvalue weighted by molar-refractivity contribution is 7.99. The number of benzene rings is 3. The summed E-state index contributed by atoms with van der Waals surface area (Å²) in [7, 11) is 0. The Kier molecular flexibility index (Phi) is 5.96. The van der Waals surface area contributed by atoms with Gasteiger partial charge in [0.15, 0.2) is 0 Å². The molecule has 1 saturated heterocycles. The van der Waals surface area contributed by atoms with Gasteiger partial charge >= 0.3 is 0 Å². The average molecular weight is 430 g/mol. The number of hydrogen-bond donors (Lipinski definition) is 1. The van der Waals surface area contributed by atoms with Crippen LogP contribution in [-0.4, -0.2) is 43.5 Å². The summed E-state index contributed by atoms with van der Waals surface area (Å²) in [6.07, 6.45) is 0.827. The molecule has 1 atom stereocenters. The van der Waals surface area contributed by atoms with Crippen LogP contribution in [0.1, 0.15) is 17.2 Å². The summed E-state index contributed by atoms with van der Waals surface area (Å²) in [5, 5.41) is 3.34. The Bertz CT molecular complexity index is 1050. The summed E-state index contributed by atoms with van der Waals surface area (Å²) >= 11 is 1.80. The molecular formula is C26H27N3OS. The minimum atomic E-state index is 0.00505. The van der Waals surface area contributed by atoms with Gasteiger partial charge in [-0.05, 0) is 41.8 Å². The molecule has 0 spiro atoms. The third-order valence-corrected chi connectivity index (χ3v) is 7.32. The van der Waals surface area contributed by atoms with Crippen LogP contribution in [0.3, 0.4) is 0 Å². The van der Waals surface area contributed by atoms with E-state index in [1.165, 1.54) is 26.6 Å². The van der Waals surface area contributed by atoms with Crippen LogP contribution in [0, 0.1) is 0 Å². The van der Waals surface area contributed by atoms with Crippen LogP contribution in [0.4, 0.5) is 5.69 Å². The van der Waals surface area contributed by atoms with E-state index in [1.807, 2.05) is 6.07 Å². The van der Waals surface area contributed by atoms with Gasteiger partial charge in [-0.3, -0.25) is 9.69 Å². The summed E-state index contributed by atoms with van der Waals surface area (Å²) in [5.74, 6) is 0.109. The van der Waals surface area contributed by atoms with Crippen molar-refractivity contribution in [2.24, 2.45) is 0 Å². The van der Waals surface area contributed by atoms with Gasteiger partial charge in [0.25, 0.3) is 0 Å². The van der Waals surface area contributed by atoms with Crippen LogP contribution in [0.2, 0.25) is 0 Å². The topological polar surface area (TPSA) is 35.6 Å². The van der Waals surface area contributed by atoms with Gasteiger partial charge in [0.05, 0.1) is 12.6 Å². The fourth-order valence-electron chi connectivity index (χ4n) is 4.46. The van der Waals surface area contributed by atoms with Gasteiger partial charge in [-0.1, -0.05) is 66.4 Å². The van der Waals surface area contributed by atoms with Crippen LogP contribution in [0.25, 0.3) is 0 Å². The molecule has 3 aromatic rings. The second kappa shape index (κ2) is 9.16. The summed E-state index contributed by atoms with van der Waals surface area (Å²) < 4.78 is 0. The van der Waals surface area contributed by atoms with Gasteiger partial charge in [-0.15, -0.1) is 0 Å². The zero-order chi connectivity index (χ0) is 21.0. The van der Waals surface area contributed by atoms with E-state index in [4.69, 9.17) is 0 Å². The predicted octanol–water partition coefficient (Wildman–Crippen LogP) is 4.37. The minimum absolute atomic E-state index is 0.00505. The normalized spacial score (nSPS) is 18.6.